The number of esters is 1. The fourth-order valence-electron chi connectivity index (χ4n) is 3.70. The Morgan fingerprint density at radius 3 is 2.06 bits per heavy atom. The zero-order chi connectivity index (χ0) is 24.8. The molecule has 3 aromatic carbocycles. The van der Waals surface area contributed by atoms with Crippen LogP contribution in [0.15, 0.2) is 77.7 Å². The number of amides is 1. The number of nitrogens with one attached hydrogen (secondary N) is 1. The van der Waals surface area contributed by atoms with Gasteiger partial charge < -0.3 is 14.8 Å². The standard InChI is InChI=1S/C26H26N2O6S/c1-33-23-12-10-22(11-13-23)27-25(29)20-6-4-19(5-7-20)18-34-26(30)21-8-14-24(15-9-21)35(31,32)28-16-2-3-17-28/h4-15H,2-3,16-18H2,1H3,(H,27,29). The second-order valence-electron chi connectivity index (χ2n) is 8.09. The largest absolute Gasteiger partial charge is 0.497 e. The molecule has 0 atom stereocenters. The van der Waals surface area contributed by atoms with Crippen LogP contribution in [0.2, 0.25) is 0 Å². The fourth-order valence-corrected chi connectivity index (χ4v) is 5.22. The van der Waals surface area contributed by atoms with Crippen molar-refractivity contribution in [2.24, 2.45) is 0 Å². The molecule has 1 aliphatic rings. The molecule has 182 valence electrons. The number of hydrogen-bond acceptors (Lipinski definition) is 6. The highest BCUT2D eigenvalue weighted by Gasteiger charge is 2.27. The lowest BCUT2D eigenvalue weighted by Gasteiger charge is -2.15. The summed E-state index contributed by atoms with van der Waals surface area (Å²) in [6.45, 7) is 1.06. The summed E-state index contributed by atoms with van der Waals surface area (Å²) in [6.07, 6.45) is 1.72. The van der Waals surface area contributed by atoms with Crippen molar-refractivity contribution in [1.29, 1.82) is 0 Å². The van der Waals surface area contributed by atoms with Crippen molar-refractivity contribution >= 4 is 27.6 Å². The Kier molecular flexibility index (Phi) is 7.48. The van der Waals surface area contributed by atoms with Crippen LogP contribution in [-0.2, 0) is 21.4 Å². The molecule has 35 heavy (non-hydrogen) atoms. The van der Waals surface area contributed by atoms with Crippen molar-refractivity contribution < 1.29 is 27.5 Å². The van der Waals surface area contributed by atoms with Gasteiger partial charge >= 0.3 is 5.97 Å². The van der Waals surface area contributed by atoms with Gasteiger partial charge in [0.15, 0.2) is 0 Å². The lowest BCUT2D eigenvalue weighted by atomic mass is 10.1. The van der Waals surface area contributed by atoms with E-state index in [1.54, 1.807) is 55.6 Å². The summed E-state index contributed by atoms with van der Waals surface area (Å²) < 4.78 is 37.1. The quantitative estimate of drug-likeness (QED) is 0.474. The molecule has 9 heteroatoms. The molecule has 1 fully saturated rings. The normalized spacial score (nSPS) is 13.9. The zero-order valence-electron chi connectivity index (χ0n) is 19.3. The lowest BCUT2D eigenvalue weighted by molar-refractivity contribution is 0.0472. The van der Waals surface area contributed by atoms with Gasteiger partial charge in [0.25, 0.3) is 5.91 Å². The van der Waals surface area contributed by atoms with Gasteiger partial charge in [0.2, 0.25) is 10.0 Å². The molecular weight excluding hydrogens is 468 g/mol. The van der Waals surface area contributed by atoms with Gasteiger partial charge in [-0.25, -0.2) is 13.2 Å². The van der Waals surface area contributed by atoms with Gasteiger partial charge in [0.05, 0.1) is 17.6 Å². The van der Waals surface area contributed by atoms with E-state index in [-0.39, 0.29) is 23.0 Å². The maximum Gasteiger partial charge on any atom is 0.338 e. The minimum Gasteiger partial charge on any atom is -0.497 e. The van der Waals surface area contributed by atoms with E-state index in [1.807, 2.05) is 0 Å². The van der Waals surface area contributed by atoms with Gasteiger partial charge in [0, 0.05) is 24.3 Å². The molecule has 1 amide bonds. The van der Waals surface area contributed by atoms with Crippen LogP contribution in [0.3, 0.4) is 0 Å². The topological polar surface area (TPSA) is 102 Å². The monoisotopic (exact) mass is 494 g/mol. The van der Waals surface area contributed by atoms with Gasteiger partial charge in [-0.15, -0.1) is 0 Å². The Labute approximate surface area is 204 Å². The van der Waals surface area contributed by atoms with Crippen LogP contribution >= 0.6 is 0 Å². The molecule has 0 aliphatic carbocycles. The van der Waals surface area contributed by atoms with Crippen LogP contribution in [0.4, 0.5) is 5.69 Å². The van der Waals surface area contributed by atoms with Gasteiger partial charge in [0.1, 0.15) is 12.4 Å². The number of sulfonamides is 1. The highest BCUT2D eigenvalue weighted by atomic mass is 32.2. The molecule has 1 aliphatic heterocycles. The highest BCUT2D eigenvalue weighted by molar-refractivity contribution is 7.89. The number of rotatable bonds is 8. The van der Waals surface area contributed by atoms with E-state index in [9.17, 15) is 18.0 Å². The summed E-state index contributed by atoms with van der Waals surface area (Å²) in [5.74, 6) is -0.121. The van der Waals surface area contributed by atoms with Gasteiger partial charge in [-0.05, 0) is 79.1 Å². The average molecular weight is 495 g/mol. The molecule has 0 radical (unpaired) electrons. The number of nitrogens with zero attached hydrogens (tertiary/aromatic N) is 1. The Morgan fingerprint density at radius 2 is 1.46 bits per heavy atom. The average Bonchev–Trinajstić information content (AvgIpc) is 3.44. The van der Waals surface area contributed by atoms with E-state index in [2.05, 4.69) is 5.32 Å². The van der Waals surface area contributed by atoms with Crippen LogP contribution in [0, 0.1) is 0 Å². The Bertz CT molecular complexity index is 1280. The first kappa shape index (κ1) is 24.4. The molecule has 8 nitrogen and oxygen atoms in total. The molecule has 0 aromatic heterocycles. The molecular formula is C26H26N2O6S. The third-order valence-corrected chi connectivity index (χ3v) is 7.64. The second kappa shape index (κ2) is 10.7. The molecule has 0 bridgehead atoms. The minimum absolute atomic E-state index is 0.0209. The minimum atomic E-state index is -3.53. The number of anilines is 1. The van der Waals surface area contributed by atoms with Crippen molar-refractivity contribution in [2.75, 3.05) is 25.5 Å². The summed E-state index contributed by atoms with van der Waals surface area (Å²) in [6, 6.07) is 19.5. The third-order valence-electron chi connectivity index (χ3n) is 5.73. The maximum atomic E-state index is 12.6. The van der Waals surface area contributed by atoms with Crippen molar-refractivity contribution in [1.82, 2.24) is 4.31 Å². The molecule has 0 unspecified atom stereocenters. The SMILES string of the molecule is COc1ccc(NC(=O)c2ccc(COC(=O)c3ccc(S(=O)(=O)N4CCCC4)cc3)cc2)cc1. The first-order valence-electron chi connectivity index (χ1n) is 11.2. The van der Waals surface area contributed by atoms with E-state index < -0.39 is 16.0 Å². The van der Waals surface area contributed by atoms with Crippen LogP contribution in [0.25, 0.3) is 0 Å². The van der Waals surface area contributed by atoms with Crippen molar-refractivity contribution in [3.63, 3.8) is 0 Å². The van der Waals surface area contributed by atoms with Crippen molar-refractivity contribution in [3.05, 3.63) is 89.5 Å². The maximum absolute atomic E-state index is 12.6. The Morgan fingerprint density at radius 1 is 0.857 bits per heavy atom. The van der Waals surface area contributed by atoms with Gasteiger partial charge in [-0.1, -0.05) is 12.1 Å². The van der Waals surface area contributed by atoms with Crippen LogP contribution in [-0.4, -0.2) is 44.8 Å². The molecule has 4 rings (SSSR count). The Balaban J connectivity index is 1.31. The molecule has 0 spiro atoms. The molecule has 0 saturated carbocycles. The van der Waals surface area contributed by atoms with Crippen LogP contribution in [0.1, 0.15) is 39.1 Å². The first-order chi connectivity index (χ1) is 16.9. The second-order valence-corrected chi connectivity index (χ2v) is 10.0. The zero-order valence-corrected chi connectivity index (χ0v) is 20.1. The number of carbonyl (C=O) groups excluding carboxylic acids is 2. The highest BCUT2D eigenvalue weighted by Crippen LogP contribution is 2.21. The first-order valence-corrected chi connectivity index (χ1v) is 12.6. The summed E-state index contributed by atoms with van der Waals surface area (Å²) in [4.78, 5) is 25.0. The van der Waals surface area contributed by atoms with Crippen molar-refractivity contribution in [3.8, 4) is 5.75 Å². The summed E-state index contributed by atoms with van der Waals surface area (Å²) >= 11 is 0. The molecule has 1 saturated heterocycles. The predicted molar refractivity (Wildman–Crippen MR) is 131 cm³/mol. The third kappa shape index (κ3) is 5.87. The summed E-state index contributed by atoms with van der Waals surface area (Å²) in [5, 5.41) is 2.81. The van der Waals surface area contributed by atoms with E-state index in [1.165, 1.54) is 28.6 Å². The summed E-state index contributed by atoms with van der Waals surface area (Å²) in [7, 11) is -1.95. The van der Waals surface area contributed by atoms with Gasteiger partial charge in [-0.3, -0.25) is 4.79 Å². The molecule has 1 N–H and O–H groups in total. The lowest BCUT2D eigenvalue weighted by Crippen LogP contribution is -2.27. The molecule has 3 aromatic rings. The van der Waals surface area contributed by atoms with Crippen LogP contribution in [0.5, 0.6) is 5.75 Å². The number of methoxy groups -OCH3 is 1. The fraction of sp³-hybridized carbons (Fsp3) is 0.231. The van der Waals surface area contributed by atoms with E-state index in [0.717, 1.165) is 12.8 Å². The van der Waals surface area contributed by atoms with Crippen LogP contribution < -0.4 is 10.1 Å². The number of benzene rings is 3. The predicted octanol–water partition coefficient (Wildman–Crippen LogP) is 4.09. The summed E-state index contributed by atoms with van der Waals surface area (Å²) in [5.41, 5.74) is 2.09. The molecule has 1 heterocycles. The van der Waals surface area contributed by atoms with E-state index in [0.29, 0.717) is 35.7 Å². The number of hydrogen-bond donors (Lipinski definition) is 1. The van der Waals surface area contributed by atoms with E-state index in [4.69, 9.17) is 9.47 Å². The Hall–Kier alpha value is -3.69. The van der Waals surface area contributed by atoms with Gasteiger partial charge in [-0.2, -0.15) is 4.31 Å². The van der Waals surface area contributed by atoms with Crippen molar-refractivity contribution in [2.45, 2.75) is 24.3 Å². The van der Waals surface area contributed by atoms with E-state index >= 15 is 0 Å². The number of ether oxygens (including phenoxy) is 2. The number of carbonyl (C=O) groups is 2. The smallest absolute Gasteiger partial charge is 0.338 e.